The molecule has 5 aromatic rings. The zero-order valence-electron chi connectivity index (χ0n) is 17.2. The molecule has 0 saturated carbocycles. The van der Waals surface area contributed by atoms with Crippen LogP contribution in [0.1, 0.15) is 22.3 Å². The molecule has 7 rings (SSSR count). The second-order valence-electron chi connectivity index (χ2n) is 8.64. The summed E-state index contributed by atoms with van der Waals surface area (Å²) in [5.74, 6) is 1.88. The maximum Gasteiger partial charge on any atom is 0.139 e. The van der Waals surface area contributed by atoms with Crippen molar-refractivity contribution in [3.8, 4) is 22.6 Å². The zero-order valence-corrected chi connectivity index (χ0v) is 17.2. The minimum atomic E-state index is -0.383. The van der Waals surface area contributed by atoms with E-state index in [0.717, 1.165) is 11.5 Å². The quantitative estimate of drug-likeness (QED) is 0.306. The molecule has 0 saturated heterocycles. The number of para-hydroxylation sites is 2. The number of benzene rings is 5. The molecular weight excluding hydrogens is 375 g/mol. The van der Waals surface area contributed by atoms with E-state index in [0.29, 0.717) is 0 Å². The molecule has 0 N–H and O–H groups in total. The molecule has 1 heterocycles. The molecule has 0 bridgehead atoms. The van der Waals surface area contributed by atoms with Crippen molar-refractivity contribution < 1.29 is 4.74 Å². The van der Waals surface area contributed by atoms with Crippen molar-refractivity contribution in [1.82, 2.24) is 0 Å². The van der Waals surface area contributed by atoms with Crippen molar-refractivity contribution in [1.29, 1.82) is 0 Å². The van der Waals surface area contributed by atoms with Gasteiger partial charge in [0.2, 0.25) is 0 Å². The van der Waals surface area contributed by atoms with Gasteiger partial charge in [-0.1, -0.05) is 84.3 Å². The summed E-state index contributed by atoms with van der Waals surface area (Å²) < 4.78 is 6.41. The van der Waals surface area contributed by atoms with Gasteiger partial charge in [0.1, 0.15) is 19.3 Å². The van der Waals surface area contributed by atoms with Gasteiger partial charge >= 0.3 is 0 Å². The van der Waals surface area contributed by atoms with E-state index >= 15 is 0 Å². The molecule has 0 amide bonds. The highest BCUT2D eigenvalue weighted by molar-refractivity contribution is 6.32. The van der Waals surface area contributed by atoms with Crippen LogP contribution in [-0.4, -0.2) is 7.85 Å². The van der Waals surface area contributed by atoms with Crippen molar-refractivity contribution in [2.24, 2.45) is 0 Å². The number of rotatable bonds is 0. The molecule has 1 aliphatic carbocycles. The third-order valence-electron chi connectivity index (χ3n) is 6.96. The molecule has 5 aromatic carbocycles. The summed E-state index contributed by atoms with van der Waals surface area (Å²) in [4.78, 5) is 0. The monoisotopic (exact) mass is 394 g/mol. The van der Waals surface area contributed by atoms with Crippen LogP contribution in [0.3, 0.4) is 0 Å². The van der Waals surface area contributed by atoms with E-state index in [1.54, 1.807) is 0 Å². The fourth-order valence-electron chi connectivity index (χ4n) is 5.70. The summed E-state index contributed by atoms with van der Waals surface area (Å²) >= 11 is 0. The molecule has 0 aromatic heterocycles. The average molecular weight is 394 g/mol. The first-order valence-corrected chi connectivity index (χ1v) is 10.8. The van der Waals surface area contributed by atoms with Gasteiger partial charge in [0.05, 0.1) is 5.41 Å². The Kier molecular flexibility index (Phi) is 3.22. The lowest BCUT2D eigenvalue weighted by atomic mass is 9.65. The first-order chi connectivity index (χ1) is 15.3. The van der Waals surface area contributed by atoms with E-state index in [4.69, 9.17) is 4.74 Å². The molecule has 0 atom stereocenters. The lowest BCUT2D eigenvalue weighted by Crippen LogP contribution is -2.32. The molecule has 144 valence electrons. The second-order valence-corrected chi connectivity index (χ2v) is 8.64. The number of hydrogen-bond donors (Lipinski definition) is 0. The summed E-state index contributed by atoms with van der Waals surface area (Å²) in [5.41, 5.74) is 8.65. The van der Waals surface area contributed by atoms with E-state index in [-0.39, 0.29) is 5.41 Å². The summed E-state index contributed by atoms with van der Waals surface area (Å²) in [6, 6.07) is 37.4. The molecule has 1 nitrogen and oxygen atoms in total. The largest absolute Gasteiger partial charge is 0.457 e. The van der Waals surface area contributed by atoms with Gasteiger partial charge in [0.25, 0.3) is 0 Å². The topological polar surface area (TPSA) is 9.23 Å². The third-order valence-corrected chi connectivity index (χ3v) is 6.96. The van der Waals surface area contributed by atoms with E-state index in [1.165, 1.54) is 49.6 Å². The van der Waals surface area contributed by atoms with Gasteiger partial charge in [-0.15, -0.1) is 0 Å². The van der Waals surface area contributed by atoms with Crippen LogP contribution in [0.15, 0.2) is 103 Å². The van der Waals surface area contributed by atoms with Crippen LogP contribution in [0.2, 0.25) is 0 Å². The van der Waals surface area contributed by atoms with E-state index in [9.17, 15) is 0 Å². The Morgan fingerprint density at radius 3 is 1.81 bits per heavy atom. The van der Waals surface area contributed by atoms with Crippen LogP contribution in [0.25, 0.3) is 21.9 Å². The van der Waals surface area contributed by atoms with Crippen LogP contribution >= 0.6 is 0 Å². The van der Waals surface area contributed by atoms with Gasteiger partial charge in [-0.2, -0.15) is 0 Å². The Morgan fingerprint density at radius 2 is 1.10 bits per heavy atom. The van der Waals surface area contributed by atoms with Crippen LogP contribution in [-0.2, 0) is 5.41 Å². The maximum absolute atomic E-state index is 6.41. The molecule has 1 aliphatic heterocycles. The molecule has 0 unspecified atom stereocenters. The Balaban J connectivity index is 1.73. The highest BCUT2D eigenvalue weighted by atomic mass is 16.5. The minimum absolute atomic E-state index is 0.383. The van der Waals surface area contributed by atoms with Gasteiger partial charge in [-0.05, 0) is 57.3 Å². The molecule has 0 radical (unpaired) electrons. The van der Waals surface area contributed by atoms with Gasteiger partial charge in [-0.25, -0.2) is 0 Å². The standard InChI is InChI=1S/C29H19BO/c30-20-13-14-21-22-15-18-7-1-2-8-19(18)16-25(22)29(26(21)17-20)23-9-3-5-11-27(23)31-28-12-6-4-10-24(28)29/h1-17H,30H2. The van der Waals surface area contributed by atoms with E-state index < -0.39 is 0 Å². The fourth-order valence-corrected chi connectivity index (χ4v) is 5.70. The molecule has 0 fully saturated rings. The van der Waals surface area contributed by atoms with Crippen molar-refractivity contribution >= 4 is 24.1 Å². The predicted molar refractivity (Wildman–Crippen MR) is 130 cm³/mol. The average Bonchev–Trinajstić information content (AvgIpc) is 3.07. The predicted octanol–water partition coefficient (Wildman–Crippen LogP) is 5.57. The highest BCUT2D eigenvalue weighted by Gasteiger charge is 2.51. The molecule has 2 heteroatoms. The van der Waals surface area contributed by atoms with E-state index in [2.05, 4.69) is 111 Å². The van der Waals surface area contributed by atoms with Crippen LogP contribution < -0.4 is 10.2 Å². The molecule has 1 spiro atoms. The van der Waals surface area contributed by atoms with Crippen LogP contribution in [0.4, 0.5) is 0 Å². The van der Waals surface area contributed by atoms with E-state index in [1.807, 2.05) is 0 Å². The first kappa shape index (κ1) is 17.0. The Labute approximate surface area is 182 Å². The highest BCUT2D eigenvalue weighted by Crippen LogP contribution is 2.62. The maximum atomic E-state index is 6.41. The van der Waals surface area contributed by atoms with Gasteiger partial charge in [0.15, 0.2) is 0 Å². The Morgan fingerprint density at radius 1 is 0.516 bits per heavy atom. The Hall–Kier alpha value is -3.78. The zero-order chi connectivity index (χ0) is 20.6. The normalized spacial score (nSPS) is 14.5. The van der Waals surface area contributed by atoms with Gasteiger partial charge in [0, 0.05) is 11.1 Å². The fraction of sp³-hybridized carbons (Fsp3) is 0.0345. The summed E-state index contributed by atoms with van der Waals surface area (Å²) in [6.45, 7) is 0. The van der Waals surface area contributed by atoms with Crippen molar-refractivity contribution in [2.45, 2.75) is 5.41 Å². The first-order valence-electron chi connectivity index (χ1n) is 10.8. The minimum Gasteiger partial charge on any atom is -0.457 e. The lowest BCUT2D eigenvalue weighted by Gasteiger charge is -2.39. The molecular formula is C29H19BO. The SMILES string of the molecule is Bc1ccc2c(c1)C1(c3ccccc3Oc3ccccc31)c1cc3ccccc3cc1-2. The smallest absolute Gasteiger partial charge is 0.139 e. The number of hydrogen-bond acceptors (Lipinski definition) is 1. The third kappa shape index (κ3) is 2.07. The summed E-state index contributed by atoms with van der Waals surface area (Å²) in [7, 11) is 2.19. The lowest BCUT2D eigenvalue weighted by molar-refractivity contribution is 0.436. The van der Waals surface area contributed by atoms with Crippen molar-refractivity contribution in [3.05, 3.63) is 125 Å². The van der Waals surface area contributed by atoms with Gasteiger partial charge in [-0.3, -0.25) is 0 Å². The van der Waals surface area contributed by atoms with Crippen LogP contribution in [0.5, 0.6) is 11.5 Å². The van der Waals surface area contributed by atoms with Crippen molar-refractivity contribution in [3.63, 3.8) is 0 Å². The van der Waals surface area contributed by atoms with Crippen molar-refractivity contribution in [2.75, 3.05) is 0 Å². The van der Waals surface area contributed by atoms with Crippen LogP contribution in [0, 0.1) is 0 Å². The number of fused-ring (bicyclic) bond motifs is 10. The molecule has 2 aliphatic rings. The summed E-state index contributed by atoms with van der Waals surface area (Å²) in [6.07, 6.45) is 0. The van der Waals surface area contributed by atoms with Gasteiger partial charge < -0.3 is 4.74 Å². The Bertz CT molecular complexity index is 1490. The molecule has 31 heavy (non-hydrogen) atoms. The number of ether oxygens (including phenoxy) is 1. The summed E-state index contributed by atoms with van der Waals surface area (Å²) in [5, 5.41) is 2.55. The second kappa shape index (κ2) is 5.89.